The molecule has 1 aromatic rings. The Bertz CT molecular complexity index is 271. The van der Waals surface area contributed by atoms with Crippen LogP contribution in [0.1, 0.15) is 5.69 Å². The van der Waals surface area contributed by atoms with Crippen LogP contribution < -0.4 is 11.5 Å². The zero-order valence-electron chi connectivity index (χ0n) is 6.56. The van der Waals surface area contributed by atoms with Crippen LogP contribution in [-0.4, -0.2) is 26.6 Å². The largest absolute Gasteiger partial charge is 0.394 e. The molecule has 6 N–H and O–H groups in total. The molecule has 0 amide bonds. The SMILES string of the molecule is Nc1c(CO)nn(CCO)c1N. The number of anilines is 2. The maximum Gasteiger partial charge on any atom is 0.145 e. The molecule has 0 bridgehead atoms. The van der Waals surface area contributed by atoms with E-state index in [4.69, 9.17) is 21.7 Å². The fourth-order valence-electron chi connectivity index (χ4n) is 0.922. The molecule has 0 saturated carbocycles. The summed E-state index contributed by atoms with van der Waals surface area (Å²) >= 11 is 0. The van der Waals surface area contributed by atoms with Gasteiger partial charge >= 0.3 is 0 Å². The molecule has 0 aliphatic heterocycles. The van der Waals surface area contributed by atoms with Gasteiger partial charge in [0.25, 0.3) is 0 Å². The number of aromatic nitrogens is 2. The quantitative estimate of drug-likeness (QED) is 0.445. The summed E-state index contributed by atoms with van der Waals surface area (Å²) < 4.78 is 1.36. The second-order valence-electron chi connectivity index (χ2n) is 2.35. The highest BCUT2D eigenvalue weighted by molar-refractivity contribution is 5.61. The Balaban J connectivity index is 2.98. The molecule has 0 spiro atoms. The lowest BCUT2D eigenvalue weighted by Crippen LogP contribution is -2.08. The second kappa shape index (κ2) is 3.42. The van der Waals surface area contributed by atoms with Crippen LogP contribution >= 0.6 is 0 Å². The molecule has 68 valence electrons. The van der Waals surface area contributed by atoms with Crippen molar-refractivity contribution in [3.05, 3.63) is 5.69 Å². The van der Waals surface area contributed by atoms with Crippen LogP contribution in [0, 0.1) is 0 Å². The van der Waals surface area contributed by atoms with Crippen molar-refractivity contribution >= 4 is 11.5 Å². The van der Waals surface area contributed by atoms with Gasteiger partial charge < -0.3 is 21.7 Å². The summed E-state index contributed by atoms with van der Waals surface area (Å²) in [5.41, 5.74) is 11.6. The highest BCUT2D eigenvalue weighted by Gasteiger charge is 2.10. The molecule has 0 radical (unpaired) electrons. The van der Waals surface area contributed by atoms with Gasteiger partial charge in [-0.15, -0.1) is 0 Å². The normalized spacial score (nSPS) is 10.5. The molecule has 0 aliphatic carbocycles. The molecule has 0 aliphatic rings. The molecule has 12 heavy (non-hydrogen) atoms. The summed E-state index contributed by atoms with van der Waals surface area (Å²) in [7, 11) is 0. The fourth-order valence-corrected chi connectivity index (χ4v) is 0.922. The van der Waals surface area contributed by atoms with Crippen LogP contribution in [0.3, 0.4) is 0 Å². The maximum atomic E-state index is 8.75. The van der Waals surface area contributed by atoms with Gasteiger partial charge in [0.2, 0.25) is 0 Å². The molecule has 0 fully saturated rings. The summed E-state index contributed by atoms with van der Waals surface area (Å²) in [6.45, 7) is -0.0132. The van der Waals surface area contributed by atoms with Crippen molar-refractivity contribution in [2.24, 2.45) is 0 Å². The number of rotatable bonds is 3. The molecule has 1 rings (SSSR count). The third-order valence-electron chi connectivity index (χ3n) is 1.57. The van der Waals surface area contributed by atoms with E-state index in [1.807, 2.05) is 0 Å². The van der Waals surface area contributed by atoms with Crippen LogP contribution in [0.4, 0.5) is 11.5 Å². The molecule has 1 heterocycles. The summed E-state index contributed by atoms with van der Waals surface area (Å²) in [5.74, 6) is 0.285. The molecule has 0 unspecified atom stereocenters. The minimum atomic E-state index is -0.242. The third-order valence-corrected chi connectivity index (χ3v) is 1.57. The zero-order chi connectivity index (χ0) is 9.14. The van der Waals surface area contributed by atoms with Crippen LogP contribution in [0.5, 0.6) is 0 Å². The summed E-state index contributed by atoms with van der Waals surface area (Å²) in [6.07, 6.45) is 0. The first-order chi connectivity index (χ1) is 5.70. The van der Waals surface area contributed by atoms with Crippen LogP contribution in [0.25, 0.3) is 0 Å². The first-order valence-corrected chi connectivity index (χ1v) is 3.53. The number of aliphatic hydroxyl groups excluding tert-OH is 2. The minimum absolute atomic E-state index is 0.0593. The van der Waals surface area contributed by atoms with Gasteiger partial charge in [-0.25, -0.2) is 4.68 Å². The molecular formula is C6H12N4O2. The van der Waals surface area contributed by atoms with E-state index >= 15 is 0 Å². The van der Waals surface area contributed by atoms with Gasteiger partial charge in [0.15, 0.2) is 0 Å². The topological polar surface area (TPSA) is 110 Å². The van der Waals surface area contributed by atoms with Gasteiger partial charge in [0, 0.05) is 0 Å². The predicted molar refractivity (Wildman–Crippen MR) is 44.1 cm³/mol. The predicted octanol–water partition coefficient (Wildman–Crippen LogP) is -1.47. The third kappa shape index (κ3) is 1.34. The fraction of sp³-hybridized carbons (Fsp3) is 0.500. The van der Waals surface area contributed by atoms with Gasteiger partial charge in [-0.1, -0.05) is 0 Å². The zero-order valence-corrected chi connectivity index (χ0v) is 6.56. The van der Waals surface area contributed by atoms with E-state index in [1.54, 1.807) is 0 Å². The van der Waals surface area contributed by atoms with Gasteiger partial charge in [-0.3, -0.25) is 0 Å². The number of nitrogens with two attached hydrogens (primary N) is 2. The highest BCUT2D eigenvalue weighted by Crippen LogP contribution is 2.18. The monoisotopic (exact) mass is 172 g/mol. The van der Waals surface area contributed by atoms with E-state index in [0.717, 1.165) is 0 Å². The minimum Gasteiger partial charge on any atom is -0.394 e. The number of nitrogen functional groups attached to an aromatic ring is 2. The van der Waals surface area contributed by atoms with E-state index in [2.05, 4.69) is 5.10 Å². The molecule has 0 atom stereocenters. The van der Waals surface area contributed by atoms with Crippen LogP contribution in [0.2, 0.25) is 0 Å². The molecule has 6 heteroatoms. The van der Waals surface area contributed by atoms with Crippen molar-refractivity contribution in [2.45, 2.75) is 13.2 Å². The average Bonchev–Trinajstić information content (AvgIpc) is 2.33. The lowest BCUT2D eigenvalue weighted by atomic mass is 10.4. The molecule has 0 saturated heterocycles. The molecule has 0 aromatic carbocycles. The lowest BCUT2D eigenvalue weighted by molar-refractivity contribution is 0.261. The number of nitrogens with zero attached hydrogens (tertiary/aromatic N) is 2. The van der Waals surface area contributed by atoms with Crippen LogP contribution in [0.15, 0.2) is 0 Å². The number of hydrogen-bond acceptors (Lipinski definition) is 5. The van der Waals surface area contributed by atoms with E-state index in [-0.39, 0.29) is 31.3 Å². The molecular weight excluding hydrogens is 160 g/mol. The second-order valence-corrected chi connectivity index (χ2v) is 2.35. The Morgan fingerprint density at radius 2 is 2.00 bits per heavy atom. The first-order valence-electron chi connectivity index (χ1n) is 3.53. The molecule has 6 nitrogen and oxygen atoms in total. The van der Waals surface area contributed by atoms with Gasteiger partial charge in [0.05, 0.1) is 19.8 Å². The van der Waals surface area contributed by atoms with E-state index in [0.29, 0.717) is 5.69 Å². The Hall–Kier alpha value is -1.27. The average molecular weight is 172 g/mol. The van der Waals surface area contributed by atoms with Crippen molar-refractivity contribution in [1.29, 1.82) is 0 Å². The Morgan fingerprint density at radius 1 is 1.33 bits per heavy atom. The Labute approximate surface area is 69.4 Å². The smallest absolute Gasteiger partial charge is 0.145 e. The Kier molecular flexibility index (Phi) is 2.51. The van der Waals surface area contributed by atoms with Gasteiger partial charge in [-0.2, -0.15) is 5.10 Å². The lowest BCUT2D eigenvalue weighted by Gasteiger charge is -1.99. The van der Waals surface area contributed by atoms with E-state index in [9.17, 15) is 0 Å². The Morgan fingerprint density at radius 3 is 2.42 bits per heavy atom. The van der Waals surface area contributed by atoms with Crippen molar-refractivity contribution in [1.82, 2.24) is 9.78 Å². The van der Waals surface area contributed by atoms with Crippen molar-refractivity contribution < 1.29 is 10.2 Å². The number of hydrogen-bond donors (Lipinski definition) is 4. The van der Waals surface area contributed by atoms with Crippen molar-refractivity contribution in [2.75, 3.05) is 18.1 Å². The van der Waals surface area contributed by atoms with Gasteiger partial charge in [0.1, 0.15) is 17.2 Å². The van der Waals surface area contributed by atoms with Crippen LogP contribution in [-0.2, 0) is 13.2 Å². The van der Waals surface area contributed by atoms with Gasteiger partial charge in [-0.05, 0) is 0 Å². The van der Waals surface area contributed by atoms with E-state index < -0.39 is 0 Å². The summed E-state index contributed by atoms with van der Waals surface area (Å²) in [6, 6.07) is 0. The highest BCUT2D eigenvalue weighted by atomic mass is 16.3. The molecule has 1 aromatic heterocycles. The summed E-state index contributed by atoms with van der Waals surface area (Å²) in [5, 5.41) is 21.2. The first kappa shape index (κ1) is 8.82. The van der Waals surface area contributed by atoms with Crippen molar-refractivity contribution in [3.63, 3.8) is 0 Å². The maximum absolute atomic E-state index is 8.75. The summed E-state index contributed by atoms with van der Waals surface area (Å²) in [4.78, 5) is 0. The standard InChI is InChI=1S/C6H12N4O2/c7-5-4(3-12)9-10(1-2-11)6(5)8/h11-12H,1-3,7-8H2. The van der Waals surface area contributed by atoms with Crippen molar-refractivity contribution in [3.8, 4) is 0 Å². The van der Waals surface area contributed by atoms with E-state index in [1.165, 1.54) is 4.68 Å². The number of aliphatic hydroxyl groups is 2.